The zero-order valence-electron chi connectivity index (χ0n) is 57.7. The maximum absolute atomic E-state index is 12.2. The van der Waals surface area contributed by atoms with E-state index in [1.54, 1.807) is 0 Å². The van der Waals surface area contributed by atoms with Gasteiger partial charge in [0.25, 0.3) is 0 Å². The maximum Gasteiger partial charge on any atom is 2.00 e. The van der Waals surface area contributed by atoms with Crippen molar-refractivity contribution in [3.63, 3.8) is 0 Å². The molecule has 0 saturated heterocycles. The van der Waals surface area contributed by atoms with Crippen LogP contribution in [-0.2, 0) is 63.3 Å². The summed E-state index contributed by atoms with van der Waals surface area (Å²) in [4.78, 5) is 0. The molecule has 0 aromatic heterocycles. The Labute approximate surface area is 658 Å². The molecule has 0 aliphatic carbocycles. The molecule has 0 amide bonds. The fraction of sp³-hybridized carbons (Fsp3) is 0.0449. The van der Waals surface area contributed by atoms with Gasteiger partial charge in [0.1, 0.15) is 63.7 Å². The number of benzene rings is 14. The largest absolute Gasteiger partial charge is 2.00 e. The Morgan fingerprint density at radius 3 is 0.463 bits per heavy atom. The molecular formula is C89H73ClF12P4Pd2+4. The van der Waals surface area contributed by atoms with Gasteiger partial charge in [0.05, 0.1) is 31.7 Å². The van der Waals surface area contributed by atoms with Crippen LogP contribution >= 0.6 is 41.2 Å². The third-order valence-corrected chi connectivity index (χ3v) is 26.5. The Bertz CT molecular complexity index is 3770. The van der Waals surface area contributed by atoms with Gasteiger partial charge in [-0.25, -0.2) is 0 Å². The van der Waals surface area contributed by atoms with Gasteiger partial charge in [-0.3, -0.25) is 0 Å². The van der Waals surface area contributed by atoms with E-state index in [1.807, 2.05) is 0 Å². The van der Waals surface area contributed by atoms with E-state index in [1.165, 1.54) is 75.8 Å². The van der Waals surface area contributed by atoms with Crippen LogP contribution < -0.4 is 63.7 Å². The number of halogens is 13. The van der Waals surface area contributed by atoms with Gasteiger partial charge in [-0.1, -0.05) is 241 Å². The van der Waals surface area contributed by atoms with Crippen molar-refractivity contribution >= 4 is 105 Å². The molecule has 0 N–H and O–H groups in total. The summed E-state index contributed by atoms with van der Waals surface area (Å²) in [5, 5.41) is 17.2. The Morgan fingerprint density at radius 2 is 0.352 bits per heavy atom. The predicted molar refractivity (Wildman–Crippen MR) is 429 cm³/mol. The molecule has 19 heteroatoms. The van der Waals surface area contributed by atoms with Crippen molar-refractivity contribution in [2.24, 2.45) is 0 Å². The van der Waals surface area contributed by atoms with Crippen LogP contribution in [0.25, 0.3) is 0 Å². The molecule has 14 aromatic carbocycles. The first kappa shape index (κ1) is 88.5. The van der Waals surface area contributed by atoms with E-state index in [0.717, 1.165) is 18.2 Å². The molecule has 108 heavy (non-hydrogen) atoms. The predicted octanol–water partition coefficient (Wildman–Crippen LogP) is 20.9. The molecule has 0 fully saturated rings. The van der Waals surface area contributed by atoms with Gasteiger partial charge in [-0.2, -0.15) is 89.1 Å². The molecule has 0 heterocycles. The van der Waals surface area contributed by atoms with Gasteiger partial charge in [0.15, 0.2) is 0 Å². The minimum Gasteiger partial charge on any atom is -0.0620 e. The SMILES string of the molecule is FC(F)(F)c1[c-]c(C(F)(F)F)cc(C(F)(F)F)c1.FC(F)(F)c1cc[c-]cc1.[CH3-].[Cl][Pd+].[Pd+2].c1ccc([PH+](c2ccccc2)c2ccccc2)cc1.c1ccc([PH+](c2ccccc2)c2ccccc2)cc1.c1ccc([PH+](c2ccccc2)c2ccccc2)cc1.c1ccc([PH+](c2ccccc2)c2ccccc2)cc1. The Balaban J connectivity index is 0.000000203. The molecule has 0 aliphatic rings. The first-order valence-corrected chi connectivity index (χ1v) is 40.8. The summed E-state index contributed by atoms with van der Waals surface area (Å²) in [5.74, 6) is 0. The molecular weight excluding hydrogens is 1670 g/mol. The van der Waals surface area contributed by atoms with E-state index >= 15 is 0 Å². The normalized spacial score (nSPS) is 10.9. The molecule has 0 spiro atoms. The van der Waals surface area contributed by atoms with Crippen LogP contribution in [0.15, 0.2) is 400 Å². The molecule has 0 unspecified atom stereocenters. The number of hydrogen-bond acceptors (Lipinski definition) is 0. The summed E-state index contributed by atoms with van der Waals surface area (Å²) in [7, 11) is 0.980. The van der Waals surface area contributed by atoms with Gasteiger partial charge in [-0.05, 0) is 146 Å². The second-order valence-corrected chi connectivity index (χ2v) is 32.8. The Hall–Kier alpha value is -8.43. The van der Waals surface area contributed by atoms with Crippen molar-refractivity contribution in [1.29, 1.82) is 0 Å². The zero-order valence-corrected chi connectivity index (χ0v) is 65.5. The number of alkyl halides is 12. The fourth-order valence-electron chi connectivity index (χ4n) is 10.9. The molecule has 0 aliphatic heterocycles. The molecule has 14 rings (SSSR count). The average Bonchev–Trinajstić information content (AvgIpc) is 0.778. The van der Waals surface area contributed by atoms with Crippen LogP contribution in [-0.4, -0.2) is 0 Å². The molecule has 14 aromatic rings. The van der Waals surface area contributed by atoms with Crippen LogP contribution in [0.4, 0.5) is 52.7 Å². The third kappa shape index (κ3) is 28.2. The summed E-state index contributed by atoms with van der Waals surface area (Å²) in [6, 6.07) is 137. The molecule has 556 valence electrons. The summed E-state index contributed by atoms with van der Waals surface area (Å²) in [6.45, 7) is 0. The minimum atomic E-state index is -5.35. The second kappa shape index (κ2) is 45.5. The van der Waals surface area contributed by atoms with Crippen molar-refractivity contribution in [2.75, 3.05) is 0 Å². The summed E-state index contributed by atoms with van der Waals surface area (Å²) in [6.07, 6.45) is -20.2. The van der Waals surface area contributed by atoms with E-state index in [2.05, 4.69) is 398 Å². The van der Waals surface area contributed by atoms with Crippen molar-refractivity contribution < 1.29 is 91.3 Å². The van der Waals surface area contributed by atoms with E-state index < -0.39 is 90.8 Å². The maximum atomic E-state index is 12.2. The summed E-state index contributed by atoms with van der Waals surface area (Å²) in [5.41, 5.74) is -6.90. The zero-order chi connectivity index (χ0) is 75.6. The van der Waals surface area contributed by atoms with Crippen molar-refractivity contribution in [1.82, 2.24) is 0 Å². The second-order valence-electron chi connectivity index (χ2n) is 22.9. The average molecular weight is 1740 g/mol. The molecule has 0 bridgehead atoms. The van der Waals surface area contributed by atoms with Gasteiger partial charge in [-0.15, -0.1) is 12.1 Å². The van der Waals surface area contributed by atoms with Gasteiger partial charge in [0, 0.05) is 0 Å². The van der Waals surface area contributed by atoms with Crippen molar-refractivity contribution in [3.8, 4) is 0 Å². The fourth-order valence-corrected chi connectivity index (χ4v) is 21.2. The first-order chi connectivity index (χ1) is 51.2. The Morgan fingerprint density at radius 1 is 0.213 bits per heavy atom. The van der Waals surface area contributed by atoms with Gasteiger partial charge in [0.2, 0.25) is 0 Å². The smallest absolute Gasteiger partial charge is 0.0620 e. The number of hydrogen-bond donors (Lipinski definition) is 0. The Kier molecular flexibility index (Phi) is 37.3. The van der Waals surface area contributed by atoms with E-state index in [-0.39, 0.29) is 27.8 Å². The number of rotatable bonds is 12. The van der Waals surface area contributed by atoms with Crippen LogP contribution in [0.5, 0.6) is 0 Å². The van der Waals surface area contributed by atoms with E-state index in [0.29, 0.717) is 0 Å². The first-order valence-electron chi connectivity index (χ1n) is 32.8. The molecule has 0 nitrogen and oxygen atoms in total. The van der Waals surface area contributed by atoms with Crippen LogP contribution in [0.2, 0.25) is 0 Å². The van der Waals surface area contributed by atoms with Crippen molar-refractivity contribution in [2.45, 2.75) is 24.7 Å². The quantitative estimate of drug-likeness (QED) is 0.0495. The van der Waals surface area contributed by atoms with Gasteiger partial charge < -0.3 is 7.43 Å². The van der Waals surface area contributed by atoms with Crippen molar-refractivity contribution in [3.05, 3.63) is 442 Å². The molecule has 0 atom stereocenters. The van der Waals surface area contributed by atoms with Crippen LogP contribution in [0.3, 0.4) is 0 Å². The standard InChI is InChI=1S/4C18H15P.C9H2F9.C7H4F3.CH3.ClH.2Pd/c4*1-4-10-16(11-5-1)19(17-12-6-2-7-13-17)18-14-8-3-9-15-18;10-7(11,12)4-1-5(8(13,14)15)3-6(2-4)9(16,17)18;8-7(9,10)6-4-2-1-3-5-6;;;;/h4*1-15H;1-2H;2-5H;1H3;1H;;/q;;;;3*-1;;2*+2/p+3. The minimum absolute atomic E-state index is 0. The monoisotopic (exact) mass is 1740 g/mol. The van der Waals surface area contributed by atoms with Gasteiger partial charge >= 0.3 is 72.8 Å². The summed E-state index contributed by atoms with van der Waals surface area (Å²) >= 11 is 2.22. The van der Waals surface area contributed by atoms with Crippen LogP contribution in [0, 0.1) is 19.6 Å². The molecule has 0 radical (unpaired) electrons. The topological polar surface area (TPSA) is 0 Å². The summed E-state index contributed by atoms with van der Waals surface area (Å²) < 4.78 is 145. The van der Waals surface area contributed by atoms with E-state index in [9.17, 15) is 52.7 Å². The van der Waals surface area contributed by atoms with E-state index in [4.69, 9.17) is 0 Å². The third-order valence-electron chi connectivity index (χ3n) is 15.6. The van der Waals surface area contributed by atoms with Crippen LogP contribution in [0.1, 0.15) is 22.3 Å². The molecule has 0 saturated carbocycles.